The molecule has 0 saturated carbocycles. The third kappa shape index (κ3) is 5.21. The lowest BCUT2D eigenvalue weighted by Gasteiger charge is -2.28. The molecule has 3 heterocycles. The highest BCUT2D eigenvalue weighted by Crippen LogP contribution is 2.41. The van der Waals surface area contributed by atoms with Crippen molar-refractivity contribution < 1.29 is 9.53 Å². The molecule has 0 radical (unpaired) electrons. The Kier molecular flexibility index (Phi) is 7.63. The van der Waals surface area contributed by atoms with Gasteiger partial charge < -0.3 is 24.8 Å². The smallest absolute Gasteiger partial charge is 0.226 e. The molecule has 1 aliphatic rings. The van der Waals surface area contributed by atoms with Gasteiger partial charge in [0.25, 0.3) is 0 Å². The van der Waals surface area contributed by atoms with Crippen molar-refractivity contribution in [2.45, 2.75) is 32.4 Å². The molecule has 0 unspecified atom stereocenters. The Morgan fingerprint density at radius 2 is 1.76 bits per heavy atom. The third-order valence-electron chi connectivity index (χ3n) is 7.96. The van der Waals surface area contributed by atoms with E-state index in [4.69, 9.17) is 17.0 Å². The first kappa shape index (κ1) is 27.5. The SMILES string of the molecule is COc1ccc(-n2c(C)cc([C@H]3[C@@H](c4ccccn4)NC(=S)N3CCC(=O)Nc3cccc4ccccc34)c2C)cc1. The largest absolute Gasteiger partial charge is 0.497 e. The number of aryl methyl sites for hydroxylation is 1. The molecule has 212 valence electrons. The summed E-state index contributed by atoms with van der Waals surface area (Å²) >= 11 is 5.88. The van der Waals surface area contributed by atoms with Crippen LogP contribution in [0, 0.1) is 13.8 Å². The first-order chi connectivity index (χ1) is 20.4. The monoisotopic (exact) mass is 575 g/mol. The van der Waals surface area contributed by atoms with Crippen LogP contribution in [-0.2, 0) is 4.79 Å². The van der Waals surface area contributed by atoms with Crippen LogP contribution in [0.2, 0.25) is 0 Å². The molecule has 8 heteroatoms. The van der Waals surface area contributed by atoms with Crippen LogP contribution >= 0.6 is 12.2 Å². The number of nitrogens with one attached hydrogen (secondary N) is 2. The Balaban J connectivity index is 1.30. The average Bonchev–Trinajstić information content (AvgIpc) is 3.50. The summed E-state index contributed by atoms with van der Waals surface area (Å²) in [6.07, 6.45) is 2.09. The number of hydrogen-bond donors (Lipinski definition) is 2. The molecule has 1 saturated heterocycles. The van der Waals surface area contributed by atoms with Gasteiger partial charge >= 0.3 is 0 Å². The Hall–Kier alpha value is -4.69. The van der Waals surface area contributed by atoms with Crippen molar-refractivity contribution in [3.05, 3.63) is 120 Å². The highest BCUT2D eigenvalue weighted by atomic mass is 32.1. The molecule has 3 aromatic carbocycles. The van der Waals surface area contributed by atoms with Crippen LogP contribution in [0.3, 0.4) is 0 Å². The summed E-state index contributed by atoms with van der Waals surface area (Å²) in [5.41, 5.74) is 6.13. The minimum Gasteiger partial charge on any atom is -0.497 e. The lowest BCUT2D eigenvalue weighted by molar-refractivity contribution is -0.116. The number of pyridine rings is 1. The predicted octanol–water partition coefficient (Wildman–Crippen LogP) is 6.65. The topological polar surface area (TPSA) is 71.4 Å². The van der Waals surface area contributed by atoms with E-state index in [1.807, 2.05) is 72.8 Å². The van der Waals surface area contributed by atoms with Crippen LogP contribution < -0.4 is 15.4 Å². The van der Waals surface area contributed by atoms with Gasteiger partial charge in [-0.2, -0.15) is 0 Å². The van der Waals surface area contributed by atoms with Crippen molar-refractivity contribution in [2.75, 3.05) is 19.0 Å². The van der Waals surface area contributed by atoms with Gasteiger partial charge in [0.15, 0.2) is 5.11 Å². The van der Waals surface area contributed by atoms with Crippen LogP contribution in [0.15, 0.2) is 97.2 Å². The van der Waals surface area contributed by atoms with Gasteiger partial charge in [-0.05, 0) is 85.5 Å². The summed E-state index contributed by atoms with van der Waals surface area (Å²) in [6.45, 7) is 4.70. The Morgan fingerprint density at radius 1 is 1.00 bits per heavy atom. The van der Waals surface area contributed by atoms with Crippen LogP contribution in [-0.4, -0.2) is 39.1 Å². The number of carbonyl (C=O) groups excluding carboxylic acids is 1. The Bertz CT molecular complexity index is 1740. The molecular formula is C34H33N5O2S. The Labute approximate surface area is 251 Å². The summed E-state index contributed by atoms with van der Waals surface area (Å²) in [7, 11) is 1.67. The number of amides is 1. The van der Waals surface area contributed by atoms with Gasteiger partial charge in [-0.1, -0.05) is 42.5 Å². The van der Waals surface area contributed by atoms with Gasteiger partial charge in [-0.3, -0.25) is 9.78 Å². The van der Waals surface area contributed by atoms with Crippen molar-refractivity contribution in [2.24, 2.45) is 0 Å². The number of rotatable bonds is 8. The fraction of sp³-hybridized carbons (Fsp3) is 0.206. The number of aromatic nitrogens is 2. The fourth-order valence-electron chi connectivity index (χ4n) is 5.97. The van der Waals surface area contributed by atoms with E-state index in [1.54, 1.807) is 13.3 Å². The van der Waals surface area contributed by atoms with Gasteiger partial charge in [0.1, 0.15) is 5.75 Å². The lowest BCUT2D eigenvalue weighted by atomic mass is 9.96. The zero-order valence-electron chi connectivity index (χ0n) is 23.9. The molecule has 1 amide bonds. The van der Waals surface area contributed by atoms with Gasteiger partial charge in [-0.25, -0.2) is 0 Å². The number of hydrogen-bond acceptors (Lipinski definition) is 4. The maximum atomic E-state index is 13.2. The lowest BCUT2D eigenvalue weighted by Crippen LogP contribution is -2.33. The maximum absolute atomic E-state index is 13.2. The molecule has 2 aromatic heterocycles. The summed E-state index contributed by atoms with van der Waals surface area (Å²) in [6, 6.07) is 29.9. The van der Waals surface area contributed by atoms with Gasteiger partial charge in [0.05, 0.1) is 24.9 Å². The zero-order chi connectivity index (χ0) is 29.2. The summed E-state index contributed by atoms with van der Waals surface area (Å²) in [5.74, 6) is 0.757. The molecule has 0 spiro atoms. The molecule has 42 heavy (non-hydrogen) atoms. The van der Waals surface area contributed by atoms with E-state index < -0.39 is 0 Å². The van der Waals surface area contributed by atoms with Crippen LogP contribution in [0.1, 0.15) is 41.1 Å². The number of carbonyl (C=O) groups is 1. The molecule has 0 aliphatic carbocycles. The van der Waals surface area contributed by atoms with E-state index in [2.05, 4.69) is 57.1 Å². The Morgan fingerprint density at radius 3 is 2.52 bits per heavy atom. The van der Waals surface area contributed by atoms with Crippen LogP contribution in [0.5, 0.6) is 5.75 Å². The van der Waals surface area contributed by atoms with Crippen molar-refractivity contribution in [1.29, 1.82) is 0 Å². The predicted molar refractivity (Wildman–Crippen MR) is 171 cm³/mol. The van der Waals surface area contributed by atoms with Crippen molar-refractivity contribution in [3.8, 4) is 11.4 Å². The normalized spacial score (nSPS) is 16.5. The molecule has 1 fully saturated rings. The van der Waals surface area contributed by atoms with Gasteiger partial charge in [-0.15, -0.1) is 0 Å². The number of nitrogens with zero attached hydrogens (tertiary/aromatic N) is 3. The number of anilines is 1. The van der Waals surface area contributed by atoms with Crippen LogP contribution in [0.4, 0.5) is 5.69 Å². The van der Waals surface area contributed by atoms with E-state index in [0.717, 1.165) is 50.5 Å². The van der Waals surface area contributed by atoms with Crippen molar-refractivity contribution in [3.63, 3.8) is 0 Å². The third-order valence-corrected chi connectivity index (χ3v) is 8.31. The van der Waals surface area contributed by atoms with Gasteiger partial charge in [0, 0.05) is 47.3 Å². The molecule has 2 atom stereocenters. The molecular weight excluding hydrogens is 542 g/mol. The second-order valence-corrected chi connectivity index (χ2v) is 10.9. The van der Waals surface area contributed by atoms with E-state index in [1.165, 1.54) is 0 Å². The van der Waals surface area contributed by atoms with E-state index in [0.29, 0.717) is 11.7 Å². The second-order valence-electron chi connectivity index (χ2n) is 10.5. The first-order valence-corrected chi connectivity index (χ1v) is 14.4. The fourth-order valence-corrected chi connectivity index (χ4v) is 6.30. The molecule has 2 N–H and O–H groups in total. The highest BCUT2D eigenvalue weighted by Gasteiger charge is 2.41. The quantitative estimate of drug-likeness (QED) is 0.202. The molecule has 0 bridgehead atoms. The summed E-state index contributed by atoms with van der Waals surface area (Å²) in [5, 5.41) is 9.36. The molecule has 1 aliphatic heterocycles. The molecule has 7 nitrogen and oxygen atoms in total. The number of ether oxygens (including phenoxy) is 1. The van der Waals surface area contributed by atoms with Crippen molar-refractivity contribution in [1.82, 2.24) is 19.8 Å². The average molecular weight is 576 g/mol. The van der Waals surface area contributed by atoms with E-state index >= 15 is 0 Å². The van der Waals surface area contributed by atoms with E-state index in [-0.39, 0.29) is 24.4 Å². The maximum Gasteiger partial charge on any atom is 0.226 e. The highest BCUT2D eigenvalue weighted by molar-refractivity contribution is 7.80. The second kappa shape index (κ2) is 11.7. The number of thiocarbonyl (C=S) groups is 1. The first-order valence-electron chi connectivity index (χ1n) is 14.0. The molecule has 6 rings (SSSR count). The number of benzene rings is 3. The number of methoxy groups -OCH3 is 1. The van der Waals surface area contributed by atoms with E-state index in [9.17, 15) is 4.79 Å². The summed E-state index contributed by atoms with van der Waals surface area (Å²) < 4.78 is 7.61. The number of fused-ring (bicyclic) bond motifs is 1. The zero-order valence-corrected chi connectivity index (χ0v) is 24.7. The minimum atomic E-state index is -0.162. The minimum absolute atomic E-state index is 0.0575. The van der Waals surface area contributed by atoms with Crippen LogP contribution in [0.25, 0.3) is 16.5 Å². The molecule has 5 aromatic rings. The van der Waals surface area contributed by atoms with Crippen molar-refractivity contribution >= 4 is 39.7 Å². The van der Waals surface area contributed by atoms with Gasteiger partial charge in [0.2, 0.25) is 5.91 Å². The summed E-state index contributed by atoms with van der Waals surface area (Å²) in [4.78, 5) is 20.1. The standard InChI is InChI=1S/C34H33N5O2S/c1-22-21-28(23(2)39(22)25-14-16-26(41-3)17-15-25)33-32(30-12-6-7-19-35-30)37-34(42)38(33)20-18-31(40)36-29-13-8-10-24-9-4-5-11-27(24)29/h4-17,19,21,32-33H,18,20H2,1-3H3,(H,36,40)(H,37,42)/t32-,33+/m1/s1.